The fraction of sp³-hybridized carbons (Fsp3) is 0.435. The number of para-hydroxylation sites is 1. The molecule has 1 saturated carbocycles. The normalized spacial score (nSPS) is 22.7. The number of allylic oxidation sites excluding steroid dienone is 1. The van der Waals surface area contributed by atoms with Crippen LogP contribution in [-0.4, -0.2) is 58.8 Å². The molecule has 31 heavy (non-hydrogen) atoms. The highest BCUT2D eigenvalue weighted by atomic mass is 16.5. The summed E-state index contributed by atoms with van der Waals surface area (Å²) >= 11 is 0. The lowest BCUT2D eigenvalue weighted by Gasteiger charge is -2.34. The van der Waals surface area contributed by atoms with Gasteiger partial charge in [-0.05, 0) is 44.0 Å². The molecule has 2 heterocycles. The Hall–Kier alpha value is -3.13. The lowest BCUT2D eigenvalue weighted by Crippen LogP contribution is -2.45. The average Bonchev–Trinajstić information content (AvgIpc) is 3.23. The topological polar surface area (TPSA) is 97.8 Å². The Morgan fingerprint density at radius 1 is 1.23 bits per heavy atom. The predicted molar refractivity (Wildman–Crippen MR) is 121 cm³/mol. The van der Waals surface area contributed by atoms with Crippen LogP contribution < -0.4 is 11.1 Å². The number of amides is 1. The first-order valence-corrected chi connectivity index (χ1v) is 10.9. The van der Waals surface area contributed by atoms with Gasteiger partial charge in [-0.15, -0.1) is 0 Å². The van der Waals surface area contributed by atoms with Crippen molar-refractivity contribution in [2.45, 2.75) is 31.7 Å². The molecule has 0 spiro atoms. The summed E-state index contributed by atoms with van der Waals surface area (Å²) < 4.78 is 7.11. The van der Waals surface area contributed by atoms with Crippen molar-refractivity contribution in [3.8, 4) is 0 Å². The van der Waals surface area contributed by atoms with Crippen LogP contribution in [0.15, 0.2) is 60.1 Å². The fourth-order valence-corrected chi connectivity index (χ4v) is 4.33. The minimum Gasteiger partial charge on any atom is -0.404 e. The van der Waals surface area contributed by atoms with Crippen molar-refractivity contribution in [2.24, 2.45) is 16.6 Å². The average molecular weight is 423 g/mol. The van der Waals surface area contributed by atoms with Crippen molar-refractivity contribution in [1.82, 2.24) is 20.0 Å². The SMILES string of the molecule is C=C(N=C(/C=C\N)n1ncc2ccccc21)NC1CCC(C(=O)N2CCOCC2)CC1. The molecule has 0 unspecified atom stereocenters. The van der Waals surface area contributed by atoms with E-state index in [1.807, 2.05) is 29.2 Å². The van der Waals surface area contributed by atoms with E-state index in [9.17, 15) is 4.79 Å². The highest BCUT2D eigenvalue weighted by Crippen LogP contribution is 2.27. The zero-order chi connectivity index (χ0) is 21.6. The Morgan fingerprint density at radius 3 is 2.71 bits per heavy atom. The number of carbonyl (C=O) groups is 1. The maximum absolute atomic E-state index is 12.7. The molecule has 164 valence electrons. The Labute approximate surface area is 182 Å². The number of benzene rings is 1. The first-order chi connectivity index (χ1) is 15.2. The molecular weight excluding hydrogens is 392 g/mol. The zero-order valence-electron chi connectivity index (χ0n) is 17.7. The van der Waals surface area contributed by atoms with Crippen molar-refractivity contribution in [3.05, 3.63) is 55.1 Å². The van der Waals surface area contributed by atoms with E-state index in [4.69, 9.17) is 10.5 Å². The quantitative estimate of drug-likeness (QED) is 0.569. The molecule has 3 N–H and O–H groups in total. The van der Waals surface area contributed by atoms with E-state index in [-0.39, 0.29) is 17.9 Å². The van der Waals surface area contributed by atoms with Crippen molar-refractivity contribution in [1.29, 1.82) is 0 Å². The molecule has 0 radical (unpaired) electrons. The molecule has 0 atom stereocenters. The third-order valence-corrected chi connectivity index (χ3v) is 5.96. The van der Waals surface area contributed by atoms with Gasteiger partial charge in [-0.3, -0.25) is 4.79 Å². The van der Waals surface area contributed by atoms with Gasteiger partial charge in [0.1, 0.15) is 5.82 Å². The van der Waals surface area contributed by atoms with Crippen molar-refractivity contribution in [3.63, 3.8) is 0 Å². The summed E-state index contributed by atoms with van der Waals surface area (Å²) in [7, 11) is 0. The Balaban J connectivity index is 1.36. The molecule has 2 aromatic rings. The number of hydrogen-bond donors (Lipinski definition) is 2. The Morgan fingerprint density at radius 2 is 1.97 bits per heavy atom. The van der Waals surface area contributed by atoms with E-state index in [0.29, 0.717) is 38.0 Å². The van der Waals surface area contributed by atoms with E-state index in [2.05, 4.69) is 22.0 Å². The van der Waals surface area contributed by atoms with Crippen molar-refractivity contribution >= 4 is 22.6 Å². The number of nitrogens with two attached hydrogens (primary N) is 1. The van der Waals surface area contributed by atoms with Gasteiger partial charge in [0.25, 0.3) is 0 Å². The van der Waals surface area contributed by atoms with Crippen molar-refractivity contribution in [2.75, 3.05) is 26.3 Å². The van der Waals surface area contributed by atoms with E-state index in [1.54, 1.807) is 17.0 Å². The summed E-state index contributed by atoms with van der Waals surface area (Å²) in [5.41, 5.74) is 6.60. The molecule has 4 rings (SSSR count). The molecule has 1 amide bonds. The first-order valence-electron chi connectivity index (χ1n) is 10.9. The number of aromatic nitrogens is 2. The fourth-order valence-electron chi connectivity index (χ4n) is 4.33. The van der Waals surface area contributed by atoms with Crippen LogP contribution in [0.1, 0.15) is 25.7 Å². The molecular formula is C23H30N6O2. The van der Waals surface area contributed by atoms with Gasteiger partial charge in [-0.2, -0.15) is 5.10 Å². The first kappa shape index (κ1) is 21.1. The number of morpholine rings is 1. The van der Waals surface area contributed by atoms with E-state index < -0.39 is 0 Å². The van der Waals surface area contributed by atoms with Gasteiger partial charge in [0.2, 0.25) is 5.91 Å². The number of fused-ring (bicyclic) bond motifs is 1. The molecule has 8 nitrogen and oxygen atoms in total. The molecule has 1 aliphatic heterocycles. The van der Waals surface area contributed by atoms with Gasteiger partial charge in [0.05, 0.1) is 24.9 Å². The summed E-state index contributed by atoms with van der Waals surface area (Å²) in [5, 5.41) is 8.89. The summed E-state index contributed by atoms with van der Waals surface area (Å²) in [6.07, 6.45) is 8.56. The molecule has 1 aromatic heterocycles. The van der Waals surface area contributed by atoms with E-state index >= 15 is 0 Å². The van der Waals surface area contributed by atoms with Crippen molar-refractivity contribution < 1.29 is 9.53 Å². The van der Waals surface area contributed by atoms with Crippen LogP contribution in [0.5, 0.6) is 0 Å². The van der Waals surface area contributed by atoms with Crippen LogP contribution in [0, 0.1) is 5.92 Å². The molecule has 2 fully saturated rings. The van der Waals surface area contributed by atoms with Crippen LogP contribution in [0.25, 0.3) is 10.9 Å². The van der Waals surface area contributed by atoms with Crippen LogP contribution >= 0.6 is 0 Å². The number of ether oxygens (including phenoxy) is 1. The van der Waals surface area contributed by atoms with Crippen LogP contribution in [0.4, 0.5) is 0 Å². The number of hydrogen-bond acceptors (Lipinski definition) is 6. The number of rotatable bonds is 5. The predicted octanol–water partition coefficient (Wildman–Crippen LogP) is 2.23. The molecule has 8 heteroatoms. The Kier molecular flexibility index (Phi) is 6.66. The number of carbonyl (C=O) groups excluding carboxylic acids is 1. The number of nitrogens with zero attached hydrogens (tertiary/aromatic N) is 4. The summed E-state index contributed by atoms with van der Waals surface area (Å²) in [6, 6.07) is 8.19. The van der Waals surface area contributed by atoms with E-state index in [1.165, 1.54) is 6.20 Å². The van der Waals surface area contributed by atoms with Gasteiger partial charge < -0.3 is 20.7 Å². The molecule has 1 aromatic carbocycles. The minimum atomic E-state index is 0.110. The summed E-state index contributed by atoms with van der Waals surface area (Å²) in [4.78, 5) is 19.3. The third kappa shape index (κ3) is 4.96. The number of aliphatic imine (C=N–C) groups is 1. The van der Waals surface area contributed by atoms with Crippen LogP contribution in [-0.2, 0) is 9.53 Å². The number of nitrogens with one attached hydrogen (secondary N) is 1. The second-order valence-electron chi connectivity index (χ2n) is 8.02. The second-order valence-corrected chi connectivity index (χ2v) is 8.02. The lowest BCUT2D eigenvalue weighted by molar-refractivity contribution is -0.140. The molecule has 0 bridgehead atoms. The van der Waals surface area contributed by atoms with Gasteiger partial charge >= 0.3 is 0 Å². The zero-order valence-corrected chi connectivity index (χ0v) is 17.7. The highest BCUT2D eigenvalue weighted by molar-refractivity contribution is 6.00. The standard InChI is InChI=1S/C23H30N6O2/c1-17(27-22(10-11-24)29-21-5-3-2-4-19(21)16-25-29)26-20-8-6-18(7-9-20)23(30)28-12-14-31-15-13-28/h2-5,10-11,16,18,20,26H,1,6-9,12-15,24H2/b11-10-,27-22?. The van der Waals surface area contributed by atoms with Crippen LogP contribution in [0.2, 0.25) is 0 Å². The van der Waals surface area contributed by atoms with Gasteiger partial charge in [0, 0.05) is 30.4 Å². The molecule has 1 aliphatic carbocycles. The Bertz CT molecular complexity index is 981. The van der Waals surface area contributed by atoms with Gasteiger partial charge in [-0.1, -0.05) is 24.8 Å². The smallest absolute Gasteiger partial charge is 0.225 e. The van der Waals surface area contributed by atoms with E-state index in [0.717, 1.165) is 36.6 Å². The van der Waals surface area contributed by atoms with Crippen LogP contribution in [0.3, 0.4) is 0 Å². The molecule has 1 saturated heterocycles. The second kappa shape index (κ2) is 9.78. The van der Waals surface area contributed by atoms with Gasteiger partial charge in [0.15, 0.2) is 5.84 Å². The molecule has 2 aliphatic rings. The summed E-state index contributed by atoms with van der Waals surface area (Å²) in [5.74, 6) is 1.55. The van der Waals surface area contributed by atoms with Gasteiger partial charge in [-0.25, -0.2) is 9.67 Å². The maximum Gasteiger partial charge on any atom is 0.225 e. The maximum atomic E-state index is 12.7. The summed E-state index contributed by atoms with van der Waals surface area (Å²) in [6.45, 7) is 6.79. The highest BCUT2D eigenvalue weighted by Gasteiger charge is 2.30. The third-order valence-electron chi connectivity index (χ3n) is 5.96. The monoisotopic (exact) mass is 422 g/mol. The largest absolute Gasteiger partial charge is 0.404 e. The lowest BCUT2D eigenvalue weighted by atomic mass is 9.85. The minimum absolute atomic E-state index is 0.110.